The van der Waals surface area contributed by atoms with E-state index in [4.69, 9.17) is 4.52 Å². The van der Waals surface area contributed by atoms with Crippen LogP contribution in [0, 0.1) is 6.92 Å². The fourth-order valence-electron chi connectivity index (χ4n) is 3.70. The number of nitrogens with one attached hydrogen (secondary N) is 1. The number of carbonyl (C=O) groups is 1. The van der Waals surface area contributed by atoms with Crippen molar-refractivity contribution >= 4 is 5.91 Å². The maximum atomic E-state index is 12.7. The predicted octanol–water partition coefficient (Wildman–Crippen LogP) is 4.54. The van der Waals surface area contributed by atoms with Crippen LogP contribution in [0.25, 0.3) is 11.3 Å². The number of benzene rings is 1. The number of alkyl halides is 3. The second-order valence-corrected chi connectivity index (χ2v) is 7.53. The first-order valence-electron chi connectivity index (χ1n) is 10.1. The number of likely N-dealkylation sites (tertiary alicyclic amines) is 1. The van der Waals surface area contributed by atoms with Gasteiger partial charge in [0.15, 0.2) is 5.76 Å². The third-order valence-electron chi connectivity index (χ3n) is 5.29. The second kappa shape index (κ2) is 9.51. The Hall–Kier alpha value is -2.55. The lowest BCUT2D eigenvalue weighted by atomic mass is 10.0. The summed E-state index contributed by atoms with van der Waals surface area (Å²) in [6.45, 7) is 6.42. The lowest BCUT2D eigenvalue weighted by molar-refractivity contribution is -0.274. The number of piperidine rings is 1. The number of ether oxygens (including phenoxy) is 1. The average Bonchev–Trinajstić information content (AvgIpc) is 3.07. The zero-order valence-electron chi connectivity index (χ0n) is 17.1. The molecule has 2 heterocycles. The summed E-state index contributed by atoms with van der Waals surface area (Å²) in [4.78, 5) is 15.1. The maximum absolute atomic E-state index is 12.7. The minimum atomic E-state index is -4.76. The number of nitrogens with zero attached hydrogens (tertiary/aromatic N) is 2. The van der Waals surface area contributed by atoms with Crippen LogP contribution in [0.5, 0.6) is 5.75 Å². The van der Waals surface area contributed by atoms with Crippen LogP contribution < -0.4 is 10.1 Å². The Kier molecular flexibility index (Phi) is 7.02. The van der Waals surface area contributed by atoms with Crippen molar-refractivity contribution < 1.29 is 27.2 Å². The fraction of sp³-hybridized carbons (Fsp3) is 0.524. The summed E-state index contributed by atoms with van der Waals surface area (Å²) >= 11 is 0. The van der Waals surface area contributed by atoms with Gasteiger partial charge in [-0.25, -0.2) is 0 Å². The van der Waals surface area contributed by atoms with E-state index >= 15 is 0 Å². The van der Waals surface area contributed by atoms with Gasteiger partial charge in [-0.1, -0.05) is 11.6 Å². The molecule has 1 aromatic carbocycles. The molecule has 0 spiro atoms. The summed E-state index contributed by atoms with van der Waals surface area (Å²) in [7, 11) is 0. The summed E-state index contributed by atoms with van der Waals surface area (Å²) in [5, 5.41) is 6.75. The van der Waals surface area contributed by atoms with E-state index in [1.807, 2.05) is 0 Å². The fourth-order valence-corrected chi connectivity index (χ4v) is 3.70. The number of halogens is 3. The van der Waals surface area contributed by atoms with Crippen LogP contribution >= 0.6 is 0 Å². The van der Waals surface area contributed by atoms with Crippen molar-refractivity contribution in [2.45, 2.75) is 51.9 Å². The molecule has 9 heteroatoms. The zero-order chi connectivity index (χ0) is 21.7. The topological polar surface area (TPSA) is 67.6 Å². The first-order chi connectivity index (χ1) is 14.2. The number of carbonyl (C=O) groups excluding carboxylic acids is 1. The summed E-state index contributed by atoms with van der Waals surface area (Å²) in [5.74, 6) is -0.445. The molecule has 30 heavy (non-hydrogen) atoms. The molecule has 2 aromatic rings. The summed E-state index contributed by atoms with van der Waals surface area (Å²) in [6, 6.07) is 5.71. The smallest absolute Gasteiger partial charge is 0.406 e. The van der Waals surface area contributed by atoms with Crippen molar-refractivity contribution in [1.29, 1.82) is 0 Å². The normalized spacial score (nSPS) is 17.7. The van der Waals surface area contributed by atoms with Gasteiger partial charge in [-0.3, -0.25) is 4.79 Å². The molecule has 6 nitrogen and oxygen atoms in total. The van der Waals surface area contributed by atoms with Crippen molar-refractivity contribution in [2.24, 2.45) is 0 Å². The van der Waals surface area contributed by atoms with Crippen molar-refractivity contribution in [3.8, 4) is 17.1 Å². The highest BCUT2D eigenvalue weighted by atomic mass is 19.4. The van der Waals surface area contributed by atoms with Gasteiger partial charge < -0.3 is 19.5 Å². The Labute approximate surface area is 173 Å². The Bertz CT molecular complexity index is 849. The summed E-state index contributed by atoms with van der Waals surface area (Å²) in [5.41, 5.74) is 1.14. The Morgan fingerprint density at radius 1 is 1.30 bits per heavy atom. The van der Waals surface area contributed by atoms with Crippen LogP contribution in [-0.2, 0) is 0 Å². The van der Waals surface area contributed by atoms with Crippen LogP contribution in [-0.4, -0.2) is 48.0 Å². The Morgan fingerprint density at radius 2 is 2.03 bits per heavy atom. The average molecular weight is 425 g/mol. The van der Waals surface area contributed by atoms with Gasteiger partial charge in [0.2, 0.25) is 0 Å². The van der Waals surface area contributed by atoms with Crippen molar-refractivity contribution in [3.05, 3.63) is 35.5 Å². The van der Waals surface area contributed by atoms with E-state index in [0.717, 1.165) is 19.5 Å². The molecule has 3 rings (SSSR count). The highest BCUT2D eigenvalue weighted by Crippen LogP contribution is 2.29. The zero-order valence-corrected chi connectivity index (χ0v) is 17.1. The van der Waals surface area contributed by atoms with Gasteiger partial charge in [-0.05, 0) is 63.9 Å². The quantitative estimate of drug-likeness (QED) is 0.660. The van der Waals surface area contributed by atoms with Crippen molar-refractivity contribution in [3.63, 3.8) is 0 Å². The van der Waals surface area contributed by atoms with E-state index in [9.17, 15) is 18.0 Å². The summed E-state index contributed by atoms with van der Waals surface area (Å²) < 4.78 is 46.1. The van der Waals surface area contributed by atoms with Gasteiger partial charge in [0.1, 0.15) is 11.3 Å². The minimum absolute atomic E-state index is 0.216. The van der Waals surface area contributed by atoms with E-state index in [-0.39, 0.29) is 23.0 Å². The Balaban J connectivity index is 1.60. The number of hydrogen-bond acceptors (Lipinski definition) is 5. The Morgan fingerprint density at radius 3 is 2.70 bits per heavy atom. The van der Waals surface area contributed by atoms with Crippen LogP contribution in [0.2, 0.25) is 0 Å². The molecule has 1 fully saturated rings. The number of rotatable bonds is 7. The molecule has 0 bridgehead atoms. The van der Waals surface area contributed by atoms with Gasteiger partial charge in [-0.2, -0.15) is 0 Å². The number of hydrogen-bond donors (Lipinski definition) is 1. The first-order valence-corrected chi connectivity index (χ1v) is 10.1. The lowest BCUT2D eigenvalue weighted by Gasteiger charge is -2.33. The van der Waals surface area contributed by atoms with E-state index < -0.39 is 6.36 Å². The van der Waals surface area contributed by atoms with E-state index in [2.05, 4.69) is 27.0 Å². The predicted molar refractivity (Wildman–Crippen MR) is 105 cm³/mol. The molecule has 1 atom stereocenters. The lowest BCUT2D eigenvalue weighted by Crippen LogP contribution is -2.39. The van der Waals surface area contributed by atoms with Gasteiger partial charge in [0.25, 0.3) is 5.91 Å². The molecule has 1 aromatic heterocycles. The highest BCUT2D eigenvalue weighted by molar-refractivity contribution is 6.00. The minimum Gasteiger partial charge on any atom is -0.406 e. The summed E-state index contributed by atoms with van der Waals surface area (Å²) in [6.07, 6.45) is -0.233. The molecular weight excluding hydrogens is 399 g/mol. The standard InChI is InChI=1S/C21H26F3N3O3/c1-14-6-3-4-12-27(14)13-5-11-25-20(28)18-15(2)26-30-19(18)16-7-9-17(10-8-16)29-21(22,23)24/h7-10,14H,3-6,11-13H2,1-2H3,(H,25,28)/t14-/m1/s1. The monoisotopic (exact) mass is 425 g/mol. The van der Waals surface area contributed by atoms with Crippen molar-refractivity contribution in [1.82, 2.24) is 15.4 Å². The molecule has 164 valence electrons. The van der Waals surface area contributed by atoms with Gasteiger partial charge in [-0.15, -0.1) is 13.2 Å². The molecular formula is C21H26F3N3O3. The maximum Gasteiger partial charge on any atom is 0.573 e. The van der Waals surface area contributed by atoms with E-state index in [0.29, 0.717) is 23.8 Å². The highest BCUT2D eigenvalue weighted by Gasteiger charge is 2.31. The first kappa shape index (κ1) is 22.1. The third kappa shape index (κ3) is 5.75. The van der Waals surface area contributed by atoms with Crippen molar-refractivity contribution in [2.75, 3.05) is 19.6 Å². The van der Waals surface area contributed by atoms with E-state index in [1.165, 1.54) is 43.5 Å². The van der Waals surface area contributed by atoms with Gasteiger partial charge >= 0.3 is 6.36 Å². The molecule has 0 saturated carbocycles. The molecule has 0 aliphatic carbocycles. The molecule has 1 saturated heterocycles. The van der Waals surface area contributed by atoms with E-state index in [1.54, 1.807) is 6.92 Å². The molecule has 1 aliphatic heterocycles. The van der Waals surface area contributed by atoms with Crippen LogP contribution in [0.3, 0.4) is 0 Å². The van der Waals surface area contributed by atoms with Gasteiger partial charge in [0, 0.05) is 24.7 Å². The largest absolute Gasteiger partial charge is 0.573 e. The third-order valence-corrected chi connectivity index (χ3v) is 5.29. The molecule has 0 radical (unpaired) electrons. The number of aryl methyl sites for hydroxylation is 1. The van der Waals surface area contributed by atoms with Gasteiger partial charge in [0.05, 0.1) is 5.69 Å². The van der Waals surface area contributed by atoms with Crippen LogP contribution in [0.15, 0.2) is 28.8 Å². The van der Waals surface area contributed by atoms with Crippen LogP contribution in [0.4, 0.5) is 13.2 Å². The molecule has 1 amide bonds. The number of amides is 1. The second-order valence-electron chi connectivity index (χ2n) is 7.53. The van der Waals surface area contributed by atoms with Crippen LogP contribution in [0.1, 0.15) is 48.7 Å². The molecule has 1 aliphatic rings. The molecule has 1 N–H and O–H groups in total. The molecule has 0 unspecified atom stereocenters. The number of aromatic nitrogens is 1. The SMILES string of the molecule is Cc1noc(-c2ccc(OC(F)(F)F)cc2)c1C(=O)NCCCN1CCCC[C@H]1C.